The fourth-order valence-electron chi connectivity index (χ4n) is 2.89. The van der Waals surface area contributed by atoms with Gasteiger partial charge in [0, 0.05) is 6.54 Å². The highest BCUT2D eigenvalue weighted by Crippen LogP contribution is 2.52. The van der Waals surface area contributed by atoms with Crippen LogP contribution in [0.1, 0.15) is 46.5 Å². The van der Waals surface area contributed by atoms with Gasteiger partial charge in [-0.3, -0.25) is 0 Å². The molecule has 0 aromatic heterocycles. The molecule has 1 atom stereocenters. The third-order valence-electron chi connectivity index (χ3n) is 4.69. The standard InChI is InChI=1S/C12H23N/c1-11(2)6-4-7-12(11,3)10-13-8-5-9-13/h4-10H2,1-3H3. The van der Waals surface area contributed by atoms with E-state index >= 15 is 0 Å². The van der Waals surface area contributed by atoms with Gasteiger partial charge in [0.2, 0.25) is 0 Å². The van der Waals surface area contributed by atoms with Crippen LogP contribution < -0.4 is 0 Å². The fourth-order valence-corrected chi connectivity index (χ4v) is 2.89. The summed E-state index contributed by atoms with van der Waals surface area (Å²) >= 11 is 0. The Labute approximate surface area is 82.5 Å². The molecule has 0 spiro atoms. The van der Waals surface area contributed by atoms with Gasteiger partial charge >= 0.3 is 0 Å². The molecule has 1 unspecified atom stereocenters. The highest BCUT2D eigenvalue weighted by Gasteiger charge is 2.46. The molecule has 1 heterocycles. The van der Waals surface area contributed by atoms with Gasteiger partial charge < -0.3 is 4.90 Å². The number of hydrogen-bond acceptors (Lipinski definition) is 1. The van der Waals surface area contributed by atoms with E-state index in [1.165, 1.54) is 45.3 Å². The lowest BCUT2D eigenvalue weighted by Gasteiger charge is -2.45. The van der Waals surface area contributed by atoms with Crippen LogP contribution in [0, 0.1) is 10.8 Å². The number of hydrogen-bond donors (Lipinski definition) is 0. The minimum absolute atomic E-state index is 0.572. The summed E-state index contributed by atoms with van der Waals surface area (Å²) in [6, 6.07) is 0. The van der Waals surface area contributed by atoms with Crippen LogP contribution >= 0.6 is 0 Å². The van der Waals surface area contributed by atoms with Crippen LogP contribution in [0.15, 0.2) is 0 Å². The predicted octanol–water partition coefficient (Wildman–Crippen LogP) is 2.91. The summed E-state index contributed by atoms with van der Waals surface area (Å²) in [4.78, 5) is 2.63. The first kappa shape index (κ1) is 9.51. The van der Waals surface area contributed by atoms with Gasteiger partial charge in [0.15, 0.2) is 0 Å². The van der Waals surface area contributed by atoms with Crippen molar-refractivity contribution in [2.45, 2.75) is 46.5 Å². The van der Waals surface area contributed by atoms with E-state index in [2.05, 4.69) is 25.7 Å². The maximum absolute atomic E-state index is 2.63. The van der Waals surface area contributed by atoms with Gasteiger partial charge in [0.25, 0.3) is 0 Å². The smallest absolute Gasteiger partial charge is 0.00405 e. The first-order valence-corrected chi connectivity index (χ1v) is 5.76. The average molecular weight is 181 g/mol. The molecule has 0 radical (unpaired) electrons. The van der Waals surface area contributed by atoms with Crippen molar-refractivity contribution in [3.63, 3.8) is 0 Å². The minimum Gasteiger partial charge on any atom is -0.303 e. The third kappa shape index (κ3) is 1.52. The Morgan fingerprint density at radius 3 is 2.08 bits per heavy atom. The van der Waals surface area contributed by atoms with Gasteiger partial charge in [0.1, 0.15) is 0 Å². The maximum Gasteiger partial charge on any atom is 0.00405 e. The molecule has 2 fully saturated rings. The van der Waals surface area contributed by atoms with Gasteiger partial charge in [0.05, 0.1) is 0 Å². The van der Waals surface area contributed by atoms with Crippen LogP contribution in [-0.4, -0.2) is 24.5 Å². The second-order valence-electron chi connectivity index (χ2n) is 5.93. The van der Waals surface area contributed by atoms with Gasteiger partial charge in [-0.2, -0.15) is 0 Å². The molecular weight excluding hydrogens is 158 g/mol. The highest BCUT2D eigenvalue weighted by atomic mass is 15.2. The van der Waals surface area contributed by atoms with Crippen molar-refractivity contribution in [3.05, 3.63) is 0 Å². The Morgan fingerprint density at radius 1 is 1.00 bits per heavy atom. The quantitative estimate of drug-likeness (QED) is 0.633. The third-order valence-corrected chi connectivity index (χ3v) is 4.69. The SMILES string of the molecule is CC1(C)CCCC1(C)CN1CCC1. The molecule has 0 amide bonds. The molecule has 1 saturated carbocycles. The van der Waals surface area contributed by atoms with Gasteiger partial charge in [-0.25, -0.2) is 0 Å². The van der Waals surface area contributed by atoms with Crippen LogP contribution in [0.4, 0.5) is 0 Å². The molecule has 0 aromatic carbocycles. The lowest BCUT2D eigenvalue weighted by Crippen LogP contribution is -2.47. The summed E-state index contributed by atoms with van der Waals surface area (Å²) in [5.41, 5.74) is 1.16. The van der Waals surface area contributed by atoms with Crippen molar-refractivity contribution in [2.24, 2.45) is 10.8 Å². The van der Waals surface area contributed by atoms with Gasteiger partial charge in [-0.15, -0.1) is 0 Å². The van der Waals surface area contributed by atoms with E-state index in [-0.39, 0.29) is 0 Å². The summed E-state index contributed by atoms with van der Waals surface area (Å²) in [6.07, 6.45) is 5.74. The van der Waals surface area contributed by atoms with Crippen LogP contribution in [-0.2, 0) is 0 Å². The van der Waals surface area contributed by atoms with Gasteiger partial charge in [-0.1, -0.05) is 27.2 Å². The van der Waals surface area contributed by atoms with Crippen molar-refractivity contribution in [3.8, 4) is 0 Å². The maximum atomic E-state index is 2.63. The summed E-state index contributed by atoms with van der Waals surface area (Å²) in [5, 5.41) is 0. The van der Waals surface area contributed by atoms with Crippen molar-refractivity contribution in [2.75, 3.05) is 19.6 Å². The Bertz CT molecular complexity index is 193. The number of nitrogens with zero attached hydrogens (tertiary/aromatic N) is 1. The zero-order chi connectivity index (χ0) is 9.53. The van der Waals surface area contributed by atoms with E-state index < -0.39 is 0 Å². The Kier molecular flexibility index (Phi) is 2.18. The van der Waals surface area contributed by atoms with Crippen LogP contribution in [0.5, 0.6) is 0 Å². The summed E-state index contributed by atoms with van der Waals surface area (Å²) in [6.45, 7) is 11.5. The van der Waals surface area contributed by atoms with Crippen molar-refractivity contribution in [1.82, 2.24) is 4.90 Å². The molecule has 0 N–H and O–H groups in total. The molecule has 13 heavy (non-hydrogen) atoms. The monoisotopic (exact) mass is 181 g/mol. The van der Waals surface area contributed by atoms with E-state index in [9.17, 15) is 0 Å². The fraction of sp³-hybridized carbons (Fsp3) is 1.00. The largest absolute Gasteiger partial charge is 0.303 e. The van der Waals surface area contributed by atoms with Crippen LogP contribution in [0.2, 0.25) is 0 Å². The molecule has 1 nitrogen and oxygen atoms in total. The lowest BCUT2D eigenvalue weighted by molar-refractivity contribution is 0.0413. The Balaban J connectivity index is 2.00. The summed E-state index contributed by atoms with van der Waals surface area (Å²) in [5.74, 6) is 0. The summed E-state index contributed by atoms with van der Waals surface area (Å²) < 4.78 is 0. The molecular formula is C12H23N. The average Bonchev–Trinajstić information content (AvgIpc) is 2.20. The molecule has 2 aliphatic rings. The van der Waals surface area contributed by atoms with Crippen LogP contribution in [0.3, 0.4) is 0 Å². The van der Waals surface area contributed by atoms with E-state index in [1.807, 2.05) is 0 Å². The molecule has 1 saturated heterocycles. The number of likely N-dealkylation sites (tertiary alicyclic amines) is 1. The first-order valence-electron chi connectivity index (χ1n) is 5.76. The Morgan fingerprint density at radius 2 is 1.69 bits per heavy atom. The van der Waals surface area contributed by atoms with Gasteiger partial charge in [-0.05, 0) is 43.2 Å². The van der Waals surface area contributed by atoms with Crippen molar-refractivity contribution < 1.29 is 0 Å². The van der Waals surface area contributed by atoms with Crippen molar-refractivity contribution in [1.29, 1.82) is 0 Å². The van der Waals surface area contributed by atoms with E-state index in [0.29, 0.717) is 10.8 Å². The molecule has 2 rings (SSSR count). The molecule has 1 aliphatic carbocycles. The number of rotatable bonds is 2. The first-order chi connectivity index (χ1) is 6.04. The van der Waals surface area contributed by atoms with Crippen LogP contribution in [0.25, 0.3) is 0 Å². The lowest BCUT2D eigenvalue weighted by atomic mass is 9.69. The van der Waals surface area contributed by atoms with E-state index in [1.54, 1.807) is 0 Å². The normalized spacial score (nSPS) is 39.0. The predicted molar refractivity (Wildman–Crippen MR) is 56.8 cm³/mol. The molecule has 1 aliphatic heterocycles. The van der Waals surface area contributed by atoms with E-state index in [4.69, 9.17) is 0 Å². The topological polar surface area (TPSA) is 3.24 Å². The molecule has 0 aromatic rings. The minimum atomic E-state index is 0.572. The molecule has 0 bridgehead atoms. The second kappa shape index (κ2) is 2.98. The zero-order valence-corrected chi connectivity index (χ0v) is 9.40. The molecule has 76 valence electrons. The summed E-state index contributed by atoms with van der Waals surface area (Å²) in [7, 11) is 0. The Hall–Kier alpha value is -0.0400. The second-order valence-corrected chi connectivity index (χ2v) is 5.93. The van der Waals surface area contributed by atoms with Crippen molar-refractivity contribution >= 4 is 0 Å². The zero-order valence-electron chi connectivity index (χ0n) is 9.40. The van der Waals surface area contributed by atoms with E-state index in [0.717, 1.165) is 0 Å². The molecule has 1 heteroatoms. The highest BCUT2D eigenvalue weighted by molar-refractivity contribution is 4.97.